The van der Waals surface area contributed by atoms with E-state index in [1.54, 1.807) is 6.92 Å². The van der Waals surface area contributed by atoms with Crippen LogP contribution in [0, 0.1) is 0 Å². The standard InChI is InChI=1S/C11H15NO4/c1-7(6-13)12(2)11(16)9-5-8(14)3-4-10(9)15/h3-5,7,13-15H,6H2,1-2H3. The van der Waals surface area contributed by atoms with E-state index in [4.69, 9.17) is 5.11 Å². The molecule has 3 N–H and O–H groups in total. The van der Waals surface area contributed by atoms with E-state index < -0.39 is 5.91 Å². The molecule has 0 spiro atoms. The summed E-state index contributed by atoms with van der Waals surface area (Å²) in [6, 6.07) is 3.38. The van der Waals surface area contributed by atoms with Crippen molar-refractivity contribution in [2.75, 3.05) is 13.7 Å². The highest BCUT2D eigenvalue weighted by molar-refractivity contribution is 5.97. The summed E-state index contributed by atoms with van der Waals surface area (Å²) in [6.45, 7) is 1.51. The van der Waals surface area contributed by atoms with Gasteiger partial charge in [-0.05, 0) is 25.1 Å². The number of aromatic hydroxyl groups is 2. The molecule has 1 unspecified atom stereocenters. The molecule has 1 rings (SSSR count). The predicted molar refractivity (Wildman–Crippen MR) is 58.4 cm³/mol. The van der Waals surface area contributed by atoms with Gasteiger partial charge in [0.25, 0.3) is 5.91 Å². The first-order valence-electron chi connectivity index (χ1n) is 4.87. The Bertz CT molecular complexity index is 392. The molecule has 0 aliphatic heterocycles. The molecule has 0 fully saturated rings. The zero-order valence-corrected chi connectivity index (χ0v) is 9.21. The van der Waals surface area contributed by atoms with E-state index in [-0.39, 0.29) is 29.7 Å². The number of rotatable bonds is 3. The fraction of sp³-hybridized carbons (Fsp3) is 0.364. The van der Waals surface area contributed by atoms with Gasteiger partial charge in [0, 0.05) is 7.05 Å². The number of hydrogen-bond donors (Lipinski definition) is 3. The summed E-state index contributed by atoms with van der Waals surface area (Å²) in [5.41, 5.74) is 0.0165. The molecular formula is C11H15NO4. The second-order valence-corrected chi connectivity index (χ2v) is 3.65. The maximum atomic E-state index is 11.9. The SMILES string of the molecule is CC(CO)N(C)C(=O)c1cc(O)ccc1O. The molecule has 0 heterocycles. The smallest absolute Gasteiger partial charge is 0.257 e. The third kappa shape index (κ3) is 2.43. The second kappa shape index (κ2) is 4.85. The van der Waals surface area contributed by atoms with Crippen molar-refractivity contribution in [3.8, 4) is 11.5 Å². The molecule has 0 saturated carbocycles. The van der Waals surface area contributed by atoms with Crippen molar-refractivity contribution in [1.29, 1.82) is 0 Å². The maximum Gasteiger partial charge on any atom is 0.257 e. The van der Waals surface area contributed by atoms with E-state index in [9.17, 15) is 15.0 Å². The molecule has 0 radical (unpaired) electrons. The van der Waals surface area contributed by atoms with Gasteiger partial charge in [0.2, 0.25) is 0 Å². The van der Waals surface area contributed by atoms with E-state index in [0.29, 0.717) is 0 Å². The van der Waals surface area contributed by atoms with Gasteiger partial charge in [0.05, 0.1) is 18.2 Å². The van der Waals surface area contributed by atoms with Gasteiger partial charge in [-0.1, -0.05) is 0 Å². The summed E-state index contributed by atoms with van der Waals surface area (Å²) >= 11 is 0. The van der Waals surface area contributed by atoms with Crippen LogP contribution in [0.2, 0.25) is 0 Å². The summed E-state index contributed by atoms with van der Waals surface area (Å²) in [5, 5.41) is 27.6. The lowest BCUT2D eigenvalue weighted by Crippen LogP contribution is -2.37. The summed E-state index contributed by atoms with van der Waals surface area (Å²) in [6.07, 6.45) is 0. The van der Waals surface area contributed by atoms with Gasteiger partial charge < -0.3 is 20.2 Å². The van der Waals surface area contributed by atoms with Crippen molar-refractivity contribution in [2.24, 2.45) is 0 Å². The van der Waals surface area contributed by atoms with Crippen LogP contribution < -0.4 is 0 Å². The maximum absolute atomic E-state index is 11.9. The van der Waals surface area contributed by atoms with Crippen LogP contribution >= 0.6 is 0 Å². The Morgan fingerprint density at radius 1 is 1.44 bits per heavy atom. The fourth-order valence-electron chi connectivity index (χ4n) is 1.21. The zero-order chi connectivity index (χ0) is 12.3. The lowest BCUT2D eigenvalue weighted by molar-refractivity contribution is 0.0679. The first-order valence-corrected chi connectivity index (χ1v) is 4.87. The number of phenolic OH excluding ortho intramolecular Hbond substituents is 2. The van der Waals surface area contributed by atoms with Crippen LogP contribution in [0.1, 0.15) is 17.3 Å². The zero-order valence-electron chi connectivity index (χ0n) is 9.21. The molecule has 1 atom stereocenters. The summed E-state index contributed by atoms with van der Waals surface area (Å²) in [4.78, 5) is 13.2. The average molecular weight is 225 g/mol. The first kappa shape index (κ1) is 12.3. The van der Waals surface area contributed by atoms with Gasteiger partial charge in [-0.25, -0.2) is 0 Å². The average Bonchev–Trinajstić information content (AvgIpc) is 2.29. The van der Waals surface area contributed by atoms with Gasteiger partial charge in [-0.15, -0.1) is 0 Å². The van der Waals surface area contributed by atoms with Crippen LogP contribution in [0.3, 0.4) is 0 Å². The van der Waals surface area contributed by atoms with Crippen LogP contribution in [-0.2, 0) is 0 Å². The molecule has 0 aromatic heterocycles. The number of aliphatic hydroxyl groups excluding tert-OH is 1. The molecule has 1 amide bonds. The van der Waals surface area contributed by atoms with Crippen LogP contribution in [0.15, 0.2) is 18.2 Å². The number of nitrogens with zero attached hydrogens (tertiary/aromatic N) is 1. The third-order valence-electron chi connectivity index (χ3n) is 2.46. The van der Waals surface area contributed by atoms with Crippen molar-refractivity contribution in [2.45, 2.75) is 13.0 Å². The third-order valence-corrected chi connectivity index (χ3v) is 2.46. The summed E-state index contributed by atoms with van der Waals surface area (Å²) < 4.78 is 0. The van der Waals surface area contributed by atoms with Crippen molar-refractivity contribution in [3.63, 3.8) is 0 Å². The van der Waals surface area contributed by atoms with E-state index in [1.165, 1.54) is 30.1 Å². The van der Waals surface area contributed by atoms with Gasteiger partial charge >= 0.3 is 0 Å². The van der Waals surface area contributed by atoms with E-state index in [2.05, 4.69) is 0 Å². The molecule has 0 aliphatic carbocycles. The predicted octanol–water partition coefficient (Wildman–Crippen LogP) is 0.551. The van der Waals surface area contributed by atoms with E-state index in [0.717, 1.165) is 0 Å². The largest absolute Gasteiger partial charge is 0.508 e. The van der Waals surface area contributed by atoms with Crippen LogP contribution in [0.4, 0.5) is 0 Å². The minimum atomic E-state index is -0.449. The molecule has 0 bridgehead atoms. The van der Waals surface area contributed by atoms with Crippen molar-refractivity contribution >= 4 is 5.91 Å². The Morgan fingerprint density at radius 2 is 2.06 bits per heavy atom. The lowest BCUT2D eigenvalue weighted by atomic mass is 10.1. The number of phenols is 2. The summed E-state index contributed by atoms with van der Waals surface area (Å²) in [5.74, 6) is -0.735. The number of hydrogen-bond acceptors (Lipinski definition) is 4. The van der Waals surface area contributed by atoms with E-state index >= 15 is 0 Å². The lowest BCUT2D eigenvalue weighted by Gasteiger charge is -2.23. The Morgan fingerprint density at radius 3 is 2.62 bits per heavy atom. The number of aliphatic hydroxyl groups is 1. The number of likely N-dealkylation sites (N-methyl/N-ethyl adjacent to an activating group) is 1. The highest BCUT2D eigenvalue weighted by Gasteiger charge is 2.20. The fourth-order valence-corrected chi connectivity index (χ4v) is 1.21. The normalized spacial score (nSPS) is 12.2. The number of amides is 1. The van der Waals surface area contributed by atoms with E-state index in [1.807, 2.05) is 0 Å². The van der Waals surface area contributed by atoms with Gasteiger partial charge in [-0.3, -0.25) is 4.79 Å². The van der Waals surface area contributed by atoms with Crippen LogP contribution in [0.5, 0.6) is 11.5 Å². The van der Waals surface area contributed by atoms with Gasteiger partial charge in [0.15, 0.2) is 0 Å². The van der Waals surface area contributed by atoms with Gasteiger partial charge in [-0.2, -0.15) is 0 Å². The topological polar surface area (TPSA) is 81.0 Å². The molecule has 5 nitrogen and oxygen atoms in total. The molecule has 1 aromatic carbocycles. The number of benzene rings is 1. The van der Waals surface area contributed by atoms with Crippen molar-refractivity contribution in [1.82, 2.24) is 4.90 Å². The number of carbonyl (C=O) groups excluding carboxylic acids is 1. The molecule has 0 aliphatic rings. The summed E-state index contributed by atoms with van der Waals surface area (Å²) in [7, 11) is 1.52. The molecular weight excluding hydrogens is 210 g/mol. The van der Waals surface area contributed by atoms with Crippen molar-refractivity contribution < 1.29 is 20.1 Å². The minimum absolute atomic E-state index is 0.0165. The van der Waals surface area contributed by atoms with Crippen molar-refractivity contribution in [3.05, 3.63) is 23.8 Å². The van der Waals surface area contributed by atoms with Crippen LogP contribution in [0.25, 0.3) is 0 Å². The molecule has 5 heteroatoms. The Hall–Kier alpha value is -1.75. The Kier molecular flexibility index (Phi) is 3.73. The highest BCUT2D eigenvalue weighted by Crippen LogP contribution is 2.23. The highest BCUT2D eigenvalue weighted by atomic mass is 16.3. The Balaban J connectivity index is 3.00. The molecule has 0 saturated heterocycles. The monoisotopic (exact) mass is 225 g/mol. The first-order chi connectivity index (χ1) is 7.47. The second-order valence-electron chi connectivity index (χ2n) is 3.65. The molecule has 88 valence electrons. The molecule has 16 heavy (non-hydrogen) atoms. The number of carbonyl (C=O) groups is 1. The minimum Gasteiger partial charge on any atom is -0.508 e. The van der Waals surface area contributed by atoms with Crippen LogP contribution in [-0.4, -0.2) is 45.8 Å². The Labute approximate surface area is 93.6 Å². The quantitative estimate of drug-likeness (QED) is 0.656. The molecule has 1 aromatic rings. The van der Waals surface area contributed by atoms with Gasteiger partial charge in [0.1, 0.15) is 11.5 Å².